The third-order valence-corrected chi connectivity index (χ3v) is 3.98. The summed E-state index contributed by atoms with van der Waals surface area (Å²) in [6.07, 6.45) is 1.73. The Morgan fingerprint density at radius 3 is 2.62 bits per heavy atom. The fraction of sp³-hybridized carbons (Fsp3) is 0.294. The van der Waals surface area contributed by atoms with Crippen molar-refractivity contribution in [3.8, 4) is 0 Å². The second-order valence-corrected chi connectivity index (χ2v) is 6.07. The van der Waals surface area contributed by atoms with Crippen LogP contribution in [0.2, 0.25) is 0 Å². The number of carbonyl (C=O) groups excluding carboxylic acids is 1. The highest BCUT2D eigenvalue weighted by Crippen LogP contribution is 2.15. The molecule has 2 rings (SSSR count). The van der Waals surface area contributed by atoms with Gasteiger partial charge in [0.1, 0.15) is 0 Å². The van der Waals surface area contributed by atoms with Crippen LogP contribution in [0.5, 0.6) is 0 Å². The van der Waals surface area contributed by atoms with E-state index in [1.54, 1.807) is 18.0 Å². The van der Waals surface area contributed by atoms with E-state index in [4.69, 9.17) is 0 Å². The number of aromatic nitrogens is 1. The Morgan fingerprint density at radius 1 is 1.19 bits per heavy atom. The largest absolute Gasteiger partial charge is 0.350 e. The Morgan fingerprint density at radius 2 is 1.95 bits per heavy atom. The zero-order valence-electron chi connectivity index (χ0n) is 12.4. The maximum Gasteiger partial charge on any atom is 0.230 e. The van der Waals surface area contributed by atoms with Crippen LogP contribution in [0.3, 0.4) is 0 Å². The maximum atomic E-state index is 11.8. The summed E-state index contributed by atoms with van der Waals surface area (Å²) in [5.74, 6) is 1.38. The van der Waals surface area contributed by atoms with Crippen molar-refractivity contribution < 1.29 is 4.79 Å². The number of hydrogen-bond donors (Lipinski definition) is 1. The molecule has 3 nitrogen and oxygen atoms in total. The molecule has 0 bridgehead atoms. The zero-order valence-corrected chi connectivity index (χ0v) is 13.2. The molecular formula is C17H20N2OS. The lowest BCUT2D eigenvalue weighted by atomic mass is 10.1. The average molecular weight is 300 g/mol. The molecule has 0 saturated heterocycles. The van der Waals surface area contributed by atoms with Crippen molar-refractivity contribution in [2.24, 2.45) is 0 Å². The Kier molecular flexibility index (Phi) is 5.81. The van der Waals surface area contributed by atoms with Crippen molar-refractivity contribution in [3.63, 3.8) is 0 Å². The van der Waals surface area contributed by atoms with Gasteiger partial charge in [0.15, 0.2) is 0 Å². The van der Waals surface area contributed by atoms with Crippen LogP contribution >= 0.6 is 11.8 Å². The predicted octanol–water partition coefficient (Wildman–Crippen LogP) is 3.25. The molecule has 2 aromatic rings. The number of nitrogens with zero attached hydrogens (tertiary/aromatic N) is 1. The number of amides is 1. The number of aryl methyl sites for hydroxylation is 2. The molecule has 0 saturated carbocycles. The van der Waals surface area contributed by atoms with Crippen molar-refractivity contribution in [2.75, 3.05) is 5.75 Å². The minimum Gasteiger partial charge on any atom is -0.350 e. The lowest BCUT2D eigenvalue weighted by Gasteiger charge is -2.06. The monoisotopic (exact) mass is 300 g/mol. The third-order valence-electron chi connectivity index (χ3n) is 2.98. The lowest BCUT2D eigenvalue weighted by molar-refractivity contribution is -0.118. The number of rotatable bonds is 6. The van der Waals surface area contributed by atoms with E-state index in [1.165, 1.54) is 16.7 Å². The van der Waals surface area contributed by atoms with E-state index in [0.717, 1.165) is 11.4 Å². The zero-order chi connectivity index (χ0) is 15.1. The first-order valence-electron chi connectivity index (χ1n) is 6.95. The highest BCUT2D eigenvalue weighted by molar-refractivity contribution is 7.99. The summed E-state index contributed by atoms with van der Waals surface area (Å²) < 4.78 is 0. The standard InChI is InChI=1S/C17H20N2OS/c1-13-7-14(2)9-15(8-13)11-21-12-17(20)19-10-16-5-3-4-6-18-16/h3-9H,10-12H2,1-2H3,(H,19,20). The van der Waals surface area contributed by atoms with Crippen molar-refractivity contribution in [3.05, 3.63) is 65.0 Å². The van der Waals surface area contributed by atoms with Crippen LogP contribution in [-0.4, -0.2) is 16.6 Å². The van der Waals surface area contributed by atoms with Gasteiger partial charge in [-0.05, 0) is 31.5 Å². The highest BCUT2D eigenvalue weighted by Gasteiger charge is 2.03. The summed E-state index contributed by atoms with van der Waals surface area (Å²) in [5.41, 5.74) is 4.69. The van der Waals surface area contributed by atoms with Gasteiger partial charge in [0.25, 0.3) is 0 Å². The number of carbonyl (C=O) groups is 1. The van der Waals surface area contributed by atoms with Crippen molar-refractivity contribution in [2.45, 2.75) is 26.1 Å². The molecule has 0 fully saturated rings. The van der Waals surface area contributed by atoms with E-state index in [0.29, 0.717) is 12.3 Å². The summed E-state index contributed by atoms with van der Waals surface area (Å²) >= 11 is 1.63. The fourth-order valence-corrected chi connectivity index (χ4v) is 2.95. The first-order chi connectivity index (χ1) is 10.1. The van der Waals surface area contributed by atoms with Gasteiger partial charge in [-0.3, -0.25) is 9.78 Å². The lowest BCUT2D eigenvalue weighted by Crippen LogP contribution is -2.25. The van der Waals surface area contributed by atoms with E-state index >= 15 is 0 Å². The number of pyridine rings is 1. The number of hydrogen-bond acceptors (Lipinski definition) is 3. The molecule has 0 atom stereocenters. The number of benzene rings is 1. The molecule has 1 heterocycles. The van der Waals surface area contributed by atoms with Crippen LogP contribution in [-0.2, 0) is 17.1 Å². The summed E-state index contributed by atoms with van der Waals surface area (Å²) in [4.78, 5) is 16.0. The SMILES string of the molecule is Cc1cc(C)cc(CSCC(=O)NCc2ccccn2)c1. The van der Waals surface area contributed by atoms with Crippen LogP contribution in [0.25, 0.3) is 0 Å². The van der Waals surface area contributed by atoms with Gasteiger partial charge >= 0.3 is 0 Å². The number of nitrogens with one attached hydrogen (secondary N) is 1. The second-order valence-electron chi connectivity index (χ2n) is 5.09. The van der Waals surface area contributed by atoms with Gasteiger partial charge in [0.2, 0.25) is 5.91 Å². The van der Waals surface area contributed by atoms with E-state index < -0.39 is 0 Å². The summed E-state index contributed by atoms with van der Waals surface area (Å²) in [6, 6.07) is 12.2. The van der Waals surface area contributed by atoms with Gasteiger partial charge in [0.05, 0.1) is 18.0 Å². The molecule has 1 aromatic carbocycles. The van der Waals surface area contributed by atoms with Crippen LogP contribution < -0.4 is 5.32 Å². The minimum atomic E-state index is 0.0510. The van der Waals surface area contributed by atoms with Crippen molar-refractivity contribution >= 4 is 17.7 Å². The van der Waals surface area contributed by atoms with Gasteiger partial charge in [-0.2, -0.15) is 0 Å². The Hall–Kier alpha value is -1.81. The van der Waals surface area contributed by atoms with Gasteiger partial charge in [-0.1, -0.05) is 35.4 Å². The topological polar surface area (TPSA) is 42.0 Å². The van der Waals surface area contributed by atoms with Gasteiger partial charge in [-0.25, -0.2) is 0 Å². The van der Waals surface area contributed by atoms with E-state index in [-0.39, 0.29) is 5.91 Å². The molecule has 1 aromatic heterocycles. The van der Waals surface area contributed by atoms with E-state index in [2.05, 4.69) is 42.3 Å². The van der Waals surface area contributed by atoms with Crippen molar-refractivity contribution in [1.82, 2.24) is 10.3 Å². The van der Waals surface area contributed by atoms with E-state index in [1.807, 2.05) is 18.2 Å². The van der Waals surface area contributed by atoms with Crippen LogP contribution in [0.4, 0.5) is 0 Å². The van der Waals surface area contributed by atoms with Crippen LogP contribution in [0, 0.1) is 13.8 Å². The van der Waals surface area contributed by atoms with Gasteiger partial charge in [0, 0.05) is 11.9 Å². The summed E-state index contributed by atoms with van der Waals surface area (Å²) in [5, 5.41) is 2.89. The van der Waals surface area contributed by atoms with Gasteiger partial charge in [-0.15, -0.1) is 11.8 Å². The Bertz CT molecular complexity index is 579. The quantitative estimate of drug-likeness (QED) is 0.890. The van der Waals surface area contributed by atoms with E-state index in [9.17, 15) is 4.79 Å². The second kappa shape index (κ2) is 7.84. The third kappa shape index (κ3) is 5.60. The molecule has 0 radical (unpaired) electrons. The first-order valence-corrected chi connectivity index (χ1v) is 8.10. The molecular weight excluding hydrogens is 280 g/mol. The predicted molar refractivity (Wildman–Crippen MR) is 88.2 cm³/mol. The molecule has 110 valence electrons. The van der Waals surface area contributed by atoms with Crippen LogP contribution in [0.1, 0.15) is 22.4 Å². The molecule has 21 heavy (non-hydrogen) atoms. The first kappa shape index (κ1) is 15.6. The van der Waals surface area contributed by atoms with Crippen LogP contribution in [0.15, 0.2) is 42.6 Å². The molecule has 0 aliphatic heterocycles. The fourth-order valence-electron chi connectivity index (χ4n) is 2.16. The van der Waals surface area contributed by atoms with Gasteiger partial charge < -0.3 is 5.32 Å². The maximum absolute atomic E-state index is 11.8. The Labute approximate surface area is 130 Å². The minimum absolute atomic E-state index is 0.0510. The molecule has 1 amide bonds. The smallest absolute Gasteiger partial charge is 0.230 e. The molecule has 0 aliphatic rings. The normalized spacial score (nSPS) is 10.4. The number of thioether (sulfide) groups is 1. The molecule has 4 heteroatoms. The molecule has 1 N–H and O–H groups in total. The van der Waals surface area contributed by atoms with Crippen molar-refractivity contribution in [1.29, 1.82) is 0 Å². The molecule has 0 aliphatic carbocycles. The Balaban J connectivity index is 1.72. The average Bonchev–Trinajstić information content (AvgIpc) is 2.45. The summed E-state index contributed by atoms with van der Waals surface area (Å²) in [7, 11) is 0. The highest BCUT2D eigenvalue weighted by atomic mass is 32.2. The summed E-state index contributed by atoms with van der Waals surface area (Å²) in [6.45, 7) is 4.69. The molecule has 0 spiro atoms. The molecule has 0 unspecified atom stereocenters.